The third-order valence-corrected chi connectivity index (χ3v) is 6.97. The van der Waals surface area contributed by atoms with Crippen molar-refractivity contribution in [3.63, 3.8) is 0 Å². The van der Waals surface area contributed by atoms with Gasteiger partial charge in [0.15, 0.2) is 4.87 Å². The van der Waals surface area contributed by atoms with Gasteiger partial charge in [-0.15, -0.1) is 11.8 Å². The maximum atomic E-state index is 13.9. The molecular formula is C23H26N2O2S. The van der Waals surface area contributed by atoms with Gasteiger partial charge in [0.25, 0.3) is 5.91 Å². The number of hydrogen-bond donors (Lipinski definition) is 0. The van der Waals surface area contributed by atoms with Crippen LogP contribution in [0.3, 0.4) is 0 Å². The molecule has 0 bridgehead atoms. The minimum Gasteiger partial charge on any atom is -0.314 e. The molecule has 2 heterocycles. The van der Waals surface area contributed by atoms with Crippen molar-refractivity contribution in [3.8, 4) is 0 Å². The highest BCUT2D eigenvalue weighted by molar-refractivity contribution is 8.02. The van der Waals surface area contributed by atoms with Crippen molar-refractivity contribution in [2.45, 2.75) is 43.9 Å². The number of rotatable bonds is 3. The Morgan fingerprint density at radius 1 is 1.07 bits per heavy atom. The molecule has 28 heavy (non-hydrogen) atoms. The lowest BCUT2D eigenvalue weighted by atomic mass is 10.0. The van der Waals surface area contributed by atoms with Crippen LogP contribution in [0.4, 0.5) is 5.69 Å². The summed E-state index contributed by atoms with van der Waals surface area (Å²) in [6, 6.07) is 17.9. The van der Waals surface area contributed by atoms with E-state index < -0.39 is 4.87 Å². The van der Waals surface area contributed by atoms with Gasteiger partial charge >= 0.3 is 0 Å². The number of nitrogens with zero attached hydrogens (tertiary/aromatic N) is 2. The summed E-state index contributed by atoms with van der Waals surface area (Å²) >= 11 is 1.61. The number of amides is 2. The van der Waals surface area contributed by atoms with Crippen LogP contribution in [0, 0.1) is 5.92 Å². The highest BCUT2D eigenvalue weighted by Gasteiger charge is 2.63. The second-order valence-electron chi connectivity index (χ2n) is 8.48. The topological polar surface area (TPSA) is 40.6 Å². The van der Waals surface area contributed by atoms with E-state index in [0.717, 1.165) is 16.8 Å². The van der Waals surface area contributed by atoms with Crippen LogP contribution in [-0.4, -0.2) is 28.0 Å². The number of carbonyl (C=O) groups excluding carboxylic acids is 2. The number of thioether (sulfide) groups is 1. The van der Waals surface area contributed by atoms with Crippen LogP contribution in [-0.2, 0) is 21.0 Å². The summed E-state index contributed by atoms with van der Waals surface area (Å²) < 4.78 is -0.198. The number of fused-ring (bicyclic) bond motifs is 2. The van der Waals surface area contributed by atoms with E-state index in [1.165, 1.54) is 0 Å². The number of benzene rings is 2. The second-order valence-corrected chi connectivity index (χ2v) is 10.4. The van der Waals surface area contributed by atoms with Crippen molar-refractivity contribution in [1.82, 2.24) is 4.90 Å². The largest absolute Gasteiger partial charge is 0.314 e. The molecule has 5 heteroatoms. The Kier molecular flexibility index (Phi) is 4.53. The molecule has 1 fully saturated rings. The predicted octanol–water partition coefficient (Wildman–Crippen LogP) is 4.40. The molecule has 0 radical (unpaired) electrons. The van der Waals surface area contributed by atoms with E-state index in [1.807, 2.05) is 78.2 Å². The van der Waals surface area contributed by atoms with Crippen LogP contribution >= 0.6 is 11.8 Å². The molecule has 2 aliphatic heterocycles. The van der Waals surface area contributed by atoms with Gasteiger partial charge in [-0.1, -0.05) is 62.4 Å². The minimum atomic E-state index is -0.976. The van der Waals surface area contributed by atoms with E-state index in [-0.39, 0.29) is 22.5 Å². The first-order valence-corrected chi connectivity index (χ1v) is 10.5. The SMILES string of the molecule is CC(C)C(=O)N1CC(C)(C)S[C@]12C(=O)N(Cc1ccccc1)c1ccccc12. The summed E-state index contributed by atoms with van der Waals surface area (Å²) in [6.45, 7) is 9.10. The van der Waals surface area contributed by atoms with Crippen molar-refractivity contribution in [1.29, 1.82) is 0 Å². The lowest BCUT2D eigenvalue weighted by molar-refractivity contribution is -0.143. The molecule has 1 saturated heterocycles. The van der Waals surface area contributed by atoms with Gasteiger partial charge in [-0.05, 0) is 25.5 Å². The zero-order valence-corrected chi connectivity index (χ0v) is 17.6. The van der Waals surface area contributed by atoms with Crippen LogP contribution < -0.4 is 4.90 Å². The zero-order chi connectivity index (χ0) is 20.1. The Hall–Kier alpha value is -2.27. The zero-order valence-electron chi connectivity index (χ0n) is 16.8. The summed E-state index contributed by atoms with van der Waals surface area (Å²) in [6.07, 6.45) is 0. The van der Waals surface area contributed by atoms with Crippen molar-refractivity contribution in [3.05, 3.63) is 65.7 Å². The first-order valence-electron chi connectivity index (χ1n) is 9.73. The third-order valence-electron chi connectivity index (χ3n) is 5.38. The van der Waals surface area contributed by atoms with Crippen LogP contribution in [0.5, 0.6) is 0 Å². The highest BCUT2D eigenvalue weighted by Crippen LogP contribution is 2.59. The third kappa shape index (κ3) is 2.84. The Balaban J connectivity index is 1.85. The monoisotopic (exact) mass is 394 g/mol. The van der Waals surface area contributed by atoms with Crippen LogP contribution in [0.2, 0.25) is 0 Å². The lowest BCUT2D eigenvalue weighted by Crippen LogP contribution is -2.51. The molecule has 2 aromatic rings. The molecule has 0 saturated carbocycles. The molecule has 1 atom stereocenters. The summed E-state index contributed by atoms with van der Waals surface area (Å²) in [5.41, 5.74) is 2.91. The fourth-order valence-electron chi connectivity index (χ4n) is 4.21. The first-order chi connectivity index (χ1) is 13.3. The van der Waals surface area contributed by atoms with Gasteiger partial charge < -0.3 is 9.80 Å². The van der Waals surface area contributed by atoms with Gasteiger partial charge in [0.1, 0.15) is 0 Å². The Labute approximate surface area is 170 Å². The summed E-state index contributed by atoms with van der Waals surface area (Å²) in [7, 11) is 0. The molecule has 2 aromatic carbocycles. The Morgan fingerprint density at radius 3 is 2.39 bits per heavy atom. The molecule has 2 amide bonds. The number of anilines is 1. The maximum absolute atomic E-state index is 13.9. The molecule has 1 spiro atoms. The fraction of sp³-hybridized carbons (Fsp3) is 0.391. The summed E-state index contributed by atoms with van der Waals surface area (Å²) in [4.78, 5) is 29.8. The molecule has 0 aliphatic carbocycles. The van der Waals surface area contributed by atoms with E-state index in [1.54, 1.807) is 11.8 Å². The van der Waals surface area contributed by atoms with Crippen LogP contribution in [0.25, 0.3) is 0 Å². The second kappa shape index (κ2) is 6.66. The van der Waals surface area contributed by atoms with Crippen LogP contribution in [0.15, 0.2) is 54.6 Å². The molecule has 2 aliphatic rings. The van der Waals surface area contributed by atoms with Crippen molar-refractivity contribution in [2.75, 3.05) is 11.4 Å². The summed E-state index contributed by atoms with van der Waals surface area (Å²) in [5, 5.41) is 0. The van der Waals surface area contributed by atoms with Gasteiger partial charge in [0.2, 0.25) is 5.91 Å². The first kappa shape index (κ1) is 19.1. The van der Waals surface area contributed by atoms with Gasteiger partial charge in [-0.25, -0.2) is 0 Å². The van der Waals surface area contributed by atoms with E-state index in [2.05, 4.69) is 13.8 Å². The van der Waals surface area contributed by atoms with Gasteiger partial charge in [-0.2, -0.15) is 0 Å². The minimum absolute atomic E-state index is 0.0119. The average molecular weight is 395 g/mol. The number of carbonyl (C=O) groups is 2. The molecule has 0 N–H and O–H groups in total. The highest BCUT2D eigenvalue weighted by atomic mass is 32.2. The lowest BCUT2D eigenvalue weighted by Gasteiger charge is -2.34. The molecule has 4 rings (SSSR count). The average Bonchev–Trinajstić information content (AvgIpc) is 3.09. The Morgan fingerprint density at radius 2 is 1.71 bits per heavy atom. The standard InChI is InChI=1S/C23H26N2O2S/c1-16(2)20(26)25-15-22(3,4)28-23(25)18-12-8-9-13-19(18)24(21(23)27)14-17-10-6-5-7-11-17/h5-13,16H,14-15H2,1-4H3/t23-/m1/s1. The van der Waals surface area contributed by atoms with E-state index in [0.29, 0.717) is 13.1 Å². The molecule has 146 valence electrons. The predicted molar refractivity (Wildman–Crippen MR) is 114 cm³/mol. The van der Waals surface area contributed by atoms with E-state index >= 15 is 0 Å². The molecular weight excluding hydrogens is 368 g/mol. The molecule has 0 unspecified atom stereocenters. The Bertz CT molecular complexity index is 925. The van der Waals surface area contributed by atoms with Gasteiger partial charge in [0, 0.05) is 22.8 Å². The maximum Gasteiger partial charge on any atom is 0.268 e. The van der Waals surface area contributed by atoms with Gasteiger partial charge in [0.05, 0.1) is 12.2 Å². The van der Waals surface area contributed by atoms with Crippen molar-refractivity contribution in [2.24, 2.45) is 5.92 Å². The molecule has 4 nitrogen and oxygen atoms in total. The van der Waals surface area contributed by atoms with Crippen molar-refractivity contribution < 1.29 is 9.59 Å². The van der Waals surface area contributed by atoms with Crippen LogP contribution in [0.1, 0.15) is 38.8 Å². The molecule has 0 aromatic heterocycles. The van der Waals surface area contributed by atoms with Crippen molar-refractivity contribution >= 4 is 29.3 Å². The smallest absolute Gasteiger partial charge is 0.268 e. The normalized spacial score (nSPS) is 23.0. The number of para-hydroxylation sites is 1. The number of hydrogen-bond acceptors (Lipinski definition) is 3. The van der Waals surface area contributed by atoms with E-state index in [4.69, 9.17) is 0 Å². The summed E-state index contributed by atoms with van der Waals surface area (Å²) in [5.74, 6) is -0.139. The van der Waals surface area contributed by atoms with Gasteiger partial charge in [-0.3, -0.25) is 9.59 Å². The quantitative estimate of drug-likeness (QED) is 0.775. The fourth-order valence-corrected chi connectivity index (χ4v) is 5.95. The van der Waals surface area contributed by atoms with E-state index in [9.17, 15) is 9.59 Å².